The van der Waals surface area contributed by atoms with Gasteiger partial charge in [-0.25, -0.2) is 0 Å². The molecule has 82 valence electrons. The molecule has 15 heavy (non-hydrogen) atoms. The molecule has 1 aliphatic rings. The Morgan fingerprint density at radius 3 is 2.93 bits per heavy atom. The van der Waals surface area contributed by atoms with Gasteiger partial charge < -0.3 is 10.6 Å². The van der Waals surface area contributed by atoms with Gasteiger partial charge >= 0.3 is 0 Å². The van der Waals surface area contributed by atoms with Crippen molar-refractivity contribution in [1.82, 2.24) is 0 Å². The summed E-state index contributed by atoms with van der Waals surface area (Å²) in [6.07, 6.45) is 1.20. The lowest BCUT2D eigenvalue weighted by Crippen LogP contribution is -2.41. The minimum absolute atomic E-state index is 0.239. The number of benzene rings is 1. The Hall–Kier alpha value is -1.02. The summed E-state index contributed by atoms with van der Waals surface area (Å²) in [4.78, 5) is 2.42. The fourth-order valence-electron chi connectivity index (χ4n) is 2.43. The van der Waals surface area contributed by atoms with E-state index in [2.05, 4.69) is 43.0 Å². The van der Waals surface area contributed by atoms with Crippen LogP contribution < -0.4 is 10.6 Å². The third-order valence-corrected chi connectivity index (χ3v) is 2.94. The van der Waals surface area contributed by atoms with Crippen LogP contribution in [0.25, 0.3) is 0 Å². The van der Waals surface area contributed by atoms with Crippen LogP contribution in [0.1, 0.15) is 19.4 Å². The fraction of sp³-hybridized carbons (Fsp3) is 0.538. The highest BCUT2D eigenvalue weighted by molar-refractivity contribution is 5.55. The summed E-state index contributed by atoms with van der Waals surface area (Å²) in [5, 5.41) is 0. The number of hydrogen-bond donors (Lipinski definition) is 1. The van der Waals surface area contributed by atoms with Crippen molar-refractivity contribution in [2.24, 2.45) is 11.7 Å². The zero-order chi connectivity index (χ0) is 10.8. The smallest absolute Gasteiger partial charge is 0.0399 e. The number of anilines is 1. The first-order valence-electron chi connectivity index (χ1n) is 5.75. The summed E-state index contributed by atoms with van der Waals surface area (Å²) in [6.45, 7) is 6.48. The Balaban J connectivity index is 2.26. The summed E-state index contributed by atoms with van der Waals surface area (Å²) in [5.74, 6) is 0.735. The average molecular weight is 204 g/mol. The molecule has 0 fully saturated rings. The van der Waals surface area contributed by atoms with E-state index in [1.165, 1.54) is 17.7 Å². The van der Waals surface area contributed by atoms with E-state index in [1.54, 1.807) is 0 Å². The van der Waals surface area contributed by atoms with E-state index in [0.717, 1.165) is 19.0 Å². The highest BCUT2D eigenvalue weighted by atomic mass is 15.1. The molecule has 1 aromatic carbocycles. The Morgan fingerprint density at radius 1 is 1.47 bits per heavy atom. The van der Waals surface area contributed by atoms with Crippen LogP contribution in [0.5, 0.6) is 0 Å². The molecule has 1 aromatic rings. The first-order chi connectivity index (χ1) is 7.16. The summed E-state index contributed by atoms with van der Waals surface area (Å²) in [6, 6.07) is 8.93. The van der Waals surface area contributed by atoms with Crippen molar-refractivity contribution in [3.05, 3.63) is 29.8 Å². The molecule has 2 heteroatoms. The predicted molar refractivity (Wildman–Crippen MR) is 65.2 cm³/mol. The molecule has 0 aliphatic carbocycles. The van der Waals surface area contributed by atoms with Gasteiger partial charge in [0.2, 0.25) is 0 Å². The second-order valence-corrected chi connectivity index (χ2v) is 4.82. The van der Waals surface area contributed by atoms with Gasteiger partial charge in [-0.3, -0.25) is 0 Å². The Bertz CT molecular complexity index is 333. The normalized spacial score (nSPS) is 22.3. The summed E-state index contributed by atoms with van der Waals surface area (Å²) < 4.78 is 0. The average Bonchev–Trinajstić information content (AvgIpc) is 2.16. The van der Waals surface area contributed by atoms with Gasteiger partial charge in [-0.1, -0.05) is 25.1 Å². The van der Waals surface area contributed by atoms with Crippen LogP contribution in [0.2, 0.25) is 0 Å². The molecule has 0 saturated heterocycles. The molecule has 0 aromatic heterocycles. The Morgan fingerprint density at radius 2 is 2.20 bits per heavy atom. The molecular formula is C13H20N2. The highest BCUT2D eigenvalue weighted by Crippen LogP contribution is 2.29. The molecule has 0 radical (unpaired) electrons. The van der Waals surface area contributed by atoms with Crippen LogP contribution in [0, 0.1) is 5.92 Å². The van der Waals surface area contributed by atoms with Crippen molar-refractivity contribution in [2.75, 3.05) is 18.0 Å². The molecule has 2 rings (SSSR count). The predicted octanol–water partition coefficient (Wildman–Crippen LogP) is 2.03. The minimum atomic E-state index is 0.239. The number of para-hydroxylation sites is 1. The maximum Gasteiger partial charge on any atom is 0.0399 e. The molecule has 1 aliphatic heterocycles. The van der Waals surface area contributed by atoms with Crippen molar-refractivity contribution >= 4 is 5.69 Å². The fourth-order valence-corrected chi connectivity index (χ4v) is 2.43. The van der Waals surface area contributed by atoms with E-state index in [9.17, 15) is 0 Å². The van der Waals surface area contributed by atoms with Crippen LogP contribution >= 0.6 is 0 Å². The van der Waals surface area contributed by atoms with Gasteiger partial charge in [0.25, 0.3) is 0 Å². The van der Waals surface area contributed by atoms with Crippen molar-refractivity contribution < 1.29 is 0 Å². The first-order valence-corrected chi connectivity index (χ1v) is 5.75. The van der Waals surface area contributed by atoms with E-state index in [0.29, 0.717) is 0 Å². The van der Waals surface area contributed by atoms with E-state index in [1.807, 2.05) is 0 Å². The number of nitrogens with two attached hydrogens (primary N) is 1. The Kier molecular flexibility index (Phi) is 2.96. The van der Waals surface area contributed by atoms with Crippen molar-refractivity contribution in [1.29, 1.82) is 0 Å². The number of nitrogens with zero attached hydrogens (tertiary/aromatic N) is 1. The van der Waals surface area contributed by atoms with Gasteiger partial charge in [0.1, 0.15) is 0 Å². The van der Waals surface area contributed by atoms with Crippen molar-refractivity contribution in [2.45, 2.75) is 26.3 Å². The van der Waals surface area contributed by atoms with Gasteiger partial charge in [0.05, 0.1) is 0 Å². The molecule has 2 nitrogen and oxygen atoms in total. The molecular weight excluding hydrogens is 184 g/mol. The topological polar surface area (TPSA) is 29.3 Å². The van der Waals surface area contributed by atoms with Gasteiger partial charge in [-0.15, -0.1) is 0 Å². The zero-order valence-corrected chi connectivity index (χ0v) is 9.61. The molecule has 2 atom stereocenters. The lowest BCUT2D eigenvalue weighted by atomic mass is 9.93. The van der Waals surface area contributed by atoms with Crippen LogP contribution in [0.4, 0.5) is 5.69 Å². The molecule has 1 unspecified atom stereocenters. The van der Waals surface area contributed by atoms with Crippen LogP contribution in [-0.2, 0) is 6.42 Å². The molecule has 0 saturated carbocycles. The molecule has 1 heterocycles. The maximum absolute atomic E-state index is 5.88. The second-order valence-electron chi connectivity index (χ2n) is 4.82. The minimum Gasteiger partial charge on any atom is -0.369 e. The van der Waals surface area contributed by atoms with Crippen molar-refractivity contribution in [3.63, 3.8) is 0 Å². The van der Waals surface area contributed by atoms with Crippen LogP contribution in [0.15, 0.2) is 24.3 Å². The lowest BCUT2D eigenvalue weighted by molar-refractivity contribution is 0.518. The van der Waals surface area contributed by atoms with Crippen LogP contribution in [-0.4, -0.2) is 19.1 Å². The number of rotatable bonds is 2. The van der Waals surface area contributed by atoms with E-state index >= 15 is 0 Å². The SMILES string of the molecule is CC1Cc2ccccc2N(C[C@H](C)N)C1. The van der Waals surface area contributed by atoms with Gasteiger partial charge in [0, 0.05) is 24.8 Å². The third kappa shape index (κ3) is 2.32. The Labute approximate surface area is 92.1 Å². The van der Waals surface area contributed by atoms with Gasteiger partial charge in [-0.05, 0) is 30.9 Å². The van der Waals surface area contributed by atoms with Crippen molar-refractivity contribution in [3.8, 4) is 0 Å². The molecule has 0 spiro atoms. The summed E-state index contributed by atoms with van der Waals surface area (Å²) in [5.41, 5.74) is 8.74. The first kappa shape index (κ1) is 10.5. The van der Waals surface area contributed by atoms with E-state index < -0.39 is 0 Å². The van der Waals surface area contributed by atoms with E-state index in [4.69, 9.17) is 5.73 Å². The summed E-state index contributed by atoms with van der Waals surface area (Å²) >= 11 is 0. The summed E-state index contributed by atoms with van der Waals surface area (Å²) in [7, 11) is 0. The second kappa shape index (κ2) is 4.23. The molecule has 0 bridgehead atoms. The largest absolute Gasteiger partial charge is 0.369 e. The van der Waals surface area contributed by atoms with Gasteiger partial charge in [-0.2, -0.15) is 0 Å². The zero-order valence-electron chi connectivity index (χ0n) is 9.61. The standard InChI is InChI=1S/C13H20N2/c1-10-7-12-5-3-4-6-13(12)15(8-10)9-11(2)14/h3-6,10-11H,7-9,14H2,1-2H3/t10?,11-/m0/s1. The number of hydrogen-bond acceptors (Lipinski definition) is 2. The number of fused-ring (bicyclic) bond motifs is 1. The maximum atomic E-state index is 5.88. The lowest BCUT2D eigenvalue weighted by Gasteiger charge is -2.35. The quantitative estimate of drug-likeness (QED) is 0.798. The van der Waals surface area contributed by atoms with Crippen LogP contribution in [0.3, 0.4) is 0 Å². The third-order valence-electron chi connectivity index (χ3n) is 2.94. The van der Waals surface area contributed by atoms with Gasteiger partial charge in [0.15, 0.2) is 0 Å². The highest BCUT2D eigenvalue weighted by Gasteiger charge is 2.21. The monoisotopic (exact) mass is 204 g/mol. The van der Waals surface area contributed by atoms with E-state index in [-0.39, 0.29) is 6.04 Å². The molecule has 2 N–H and O–H groups in total. The molecule has 0 amide bonds.